The number of nitrogens with one attached hydrogen (secondary N) is 2. The maximum atomic E-state index is 4.34. The maximum absolute atomic E-state index is 4.34. The second-order valence-electron chi connectivity index (χ2n) is 6.88. The number of aromatic nitrogens is 1. The molecule has 1 fully saturated rings. The van der Waals surface area contributed by atoms with Crippen LogP contribution >= 0.6 is 0 Å². The van der Waals surface area contributed by atoms with Crippen molar-refractivity contribution >= 4 is 5.96 Å². The lowest BCUT2D eigenvalue weighted by Gasteiger charge is -2.43. The molecule has 0 aliphatic heterocycles. The molecule has 1 saturated carbocycles. The van der Waals surface area contributed by atoms with Gasteiger partial charge in [-0.25, -0.2) is 0 Å². The van der Waals surface area contributed by atoms with Gasteiger partial charge in [-0.3, -0.25) is 9.98 Å². The van der Waals surface area contributed by atoms with E-state index in [2.05, 4.69) is 40.5 Å². The van der Waals surface area contributed by atoms with Gasteiger partial charge in [0.15, 0.2) is 5.96 Å². The summed E-state index contributed by atoms with van der Waals surface area (Å²) in [5.41, 5.74) is 1.60. The van der Waals surface area contributed by atoms with Crippen LogP contribution in [0.4, 0.5) is 0 Å². The van der Waals surface area contributed by atoms with Gasteiger partial charge in [0.2, 0.25) is 0 Å². The lowest BCUT2D eigenvalue weighted by Crippen LogP contribution is -2.47. The standard InChI is InChI=1S/C18H30N4/c1-15(2)13-18(9-6-10-18)14-22-17(19-3)21-12-8-16-7-4-5-11-20-16/h4-5,7,11,15H,6,8-10,12-14H2,1-3H3,(H2,19,21,22). The normalized spacial score (nSPS) is 17.2. The molecule has 0 amide bonds. The molecule has 1 aromatic heterocycles. The quantitative estimate of drug-likeness (QED) is 0.601. The molecule has 1 aliphatic rings. The van der Waals surface area contributed by atoms with Gasteiger partial charge in [0.25, 0.3) is 0 Å². The number of hydrogen-bond donors (Lipinski definition) is 2. The van der Waals surface area contributed by atoms with Crippen LogP contribution in [0.2, 0.25) is 0 Å². The molecule has 0 spiro atoms. The Hall–Kier alpha value is -1.58. The van der Waals surface area contributed by atoms with E-state index >= 15 is 0 Å². The molecular weight excluding hydrogens is 272 g/mol. The van der Waals surface area contributed by atoms with Crippen LogP contribution in [-0.4, -0.2) is 31.1 Å². The minimum atomic E-state index is 0.493. The zero-order chi connectivity index (χ0) is 15.8. The maximum Gasteiger partial charge on any atom is 0.191 e. The first-order valence-corrected chi connectivity index (χ1v) is 8.48. The van der Waals surface area contributed by atoms with E-state index in [0.717, 1.165) is 37.1 Å². The molecule has 4 heteroatoms. The molecule has 4 nitrogen and oxygen atoms in total. The van der Waals surface area contributed by atoms with Crippen LogP contribution in [0.25, 0.3) is 0 Å². The van der Waals surface area contributed by atoms with Crippen molar-refractivity contribution in [2.24, 2.45) is 16.3 Å². The number of nitrogens with zero attached hydrogens (tertiary/aromatic N) is 2. The van der Waals surface area contributed by atoms with E-state index in [1.165, 1.54) is 25.7 Å². The van der Waals surface area contributed by atoms with Crippen molar-refractivity contribution in [3.8, 4) is 0 Å². The smallest absolute Gasteiger partial charge is 0.191 e. The van der Waals surface area contributed by atoms with Crippen molar-refractivity contribution in [2.75, 3.05) is 20.1 Å². The van der Waals surface area contributed by atoms with Gasteiger partial charge >= 0.3 is 0 Å². The minimum Gasteiger partial charge on any atom is -0.356 e. The minimum absolute atomic E-state index is 0.493. The predicted molar refractivity (Wildman–Crippen MR) is 93.0 cm³/mol. The molecule has 22 heavy (non-hydrogen) atoms. The third-order valence-electron chi connectivity index (χ3n) is 4.51. The Bertz CT molecular complexity index is 463. The molecule has 122 valence electrons. The fourth-order valence-electron chi connectivity index (χ4n) is 3.34. The van der Waals surface area contributed by atoms with E-state index in [9.17, 15) is 0 Å². The first kappa shape index (κ1) is 16.8. The van der Waals surface area contributed by atoms with E-state index in [0.29, 0.717) is 5.41 Å². The summed E-state index contributed by atoms with van der Waals surface area (Å²) in [4.78, 5) is 8.68. The summed E-state index contributed by atoms with van der Waals surface area (Å²) >= 11 is 0. The summed E-state index contributed by atoms with van der Waals surface area (Å²) in [5, 5.41) is 6.91. The molecule has 0 aromatic carbocycles. The molecule has 0 unspecified atom stereocenters. The van der Waals surface area contributed by atoms with Crippen LogP contribution in [-0.2, 0) is 6.42 Å². The highest BCUT2D eigenvalue weighted by atomic mass is 15.2. The van der Waals surface area contributed by atoms with Gasteiger partial charge in [-0.1, -0.05) is 26.3 Å². The first-order valence-electron chi connectivity index (χ1n) is 8.48. The number of hydrogen-bond acceptors (Lipinski definition) is 2. The highest BCUT2D eigenvalue weighted by Crippen LogP contribution is 2.45. The average molecular weight is 302 g/mol. The molecule has 2 rings (SSSR count). The van der Waals surface area contributed by atoms with Gasteiger partial charge in [0, 0.05) is 38.4 Å². The van der Waals surface area contributed by atoms with Crippen molar-refractivity contribution in [2.45, 2.75) is 46.0 Å². The van der Waals surface area contributed by atoms with Gasteiger partial charge in [-0.15, -0.1) is 0 Å². The summed E-state index contributed by atoms with van der Waals surface area (Å²) in [5.74, 6) is 1.67. The Balaban J connectivity index is 1.73. The lowest BCUT2D eigenvalue weighted by atomic mass is 9.64. The second kappa shape index (κ2) is 8.16. The summed E-state index contributed by atoms with van der Waals surface area (Å²) in [7, 11) is 1.84. The van der Waals surface area contributed by atoms with Crippen LogP contribution in [0, 0.1) is 11.3 Å². The van der Waals surface area contributed by atoms with Gasteiger partial charge in [-0.2, -0.15) is 0 Å². The van der Waals surface area contributed by atoms with Crippen molar-refractivity contribution < 1.29 is 0 Å². The van der Waals surface area contributed by atoms with Crippen LogP contribution in [0.1, 0.15) is 45.2 Å². The summed E-state index contributed by atoms with van der Waals surface area (Å²) in [6.07, 6.45) is 8.14. The number of aliphatic imine (C=N–C) groups is 1. The lowest BCUT2D eigenvalue weighted by molar-refractivity contribution is 0.104. The zero-order valence-electron chi connectivity index (χ0n) is 14.2. The van der Waals surface area contributed by atoms with Crippen molar-refractivity contribution in [3.05, 3.63) is 30.1 Å². The predicted octanol–water partition coefficient (Wildman–Crippen LogP) is 3.01. The second-order valence-corrected chi connectivity index (χ2v) is 6.88. The van der Waals surface area contributed by atoms with Gasteiger partial charge in [-0.05, 0) is 42.7 Å². The highest BCUT2D eigenvalue weighted by molar-refractivity contribution is 5.79. The van der Waals surface area contributed by atoms with E-state index in [1.54, 1.807) is 0 Å². The Morgan fingerprint density at radius 3 is 2.68 bits per heavy atom. The summed E-state index contributed by atoms with van der Waals surface area (Å²) < 4.78 is 0. The van der Waals surface area contributed by atoms with E-state index in [1.807, 2.05) is 25.4 Å². The Morgan fingerprint density at radius 1 is 1.32 bits per heavy atom. The van der Waals surface area contributed by atoms with Crippen molar-refractivity contribution in [1.82, 2.24) is 15.6 Å². The molecule has 0 radical (unpaired) electrons. The fourth-order valence-corrected chi connectivity index (χ4v) is 3.34. The van der Waals surface area contributed by atoms with E-state index in [-0.39, 0.29) is 0 Å². The monoisotopic (exact) mass is 302 g/mol. The summed E-state index contributed by atoms with van der Waals surface area (Å²) in [6.45, 7) is 6.53. The van der Waals surface area contributed by atoms with Crippen LogP contribution in [0.15, 0.2) is 29.4 Å². The zero-order valence-corrected chi connectivity index (χ0v) is 14.2. The Labute approximate surface area is 134 Å². The third-order valence-corrected chi connectivity index (χ3v) is 4.51. The van der Waals surface area contributed by atoms with E-state index < -0.39 is 0 Å². The van der Waals surface area contributed by atoms with Crippen LogP contribution < -0.4 is 10.6 Å². The molecule has 2 N–H and O–H groups in total. The molecule has 0 bridgehead atoms. The van der Waals surface area contributed by atoms with Crippen LogP contribution in [0.3, 0.4) is 0 Å². The van der Waals surface area contributed by atoms with Gasteiger partial charge < -0.3 is 10.6 Å². The largest absolute Gasteiger partial charge is 0.356 e. The number of rotatable bonds is 7. The summed E-state index contributed by atoms with van der Waals surface area (Å²) in [6, 6.07) is 6.04. The van der Waals surface area contributed by atoms with Gasteiger partial charge in [0.05, 0.1) is 0 Å². The topological polar surface area (TPSA) is 49.3 Å². The average Bonchev–Trinajstić information content (AvgIpc) is 2.48. The fraction of sp³-hybridized carbons (Fsp3) is 0.667. The SMILES string of the molecule is CN=C(NCCc1ccccn1)NCC1(CC(C)C)CCC1. The first-order chi connectivity index (χ1) is 10.6. The van der Waals surface area contributed by atoms with Crippen molar-refractivity contribution in [1.29, 1.82) is 0 Å². The Kier molecular flexibility index (Phi) is 6.22. The van der Waals surface area contributed by atoms with Gasteiger partial charge in [0.1, 0.15) is 0 Å². The van der Waals surface area contributed by atoms with Crippen LogP contribution in [0.5, 0.6) is 0 Å². The van der Waals surface area contributed by atoms with Crippen molar-refractivity contribution in [3.63, 3.8) is 0 Å². The molecule has 0 saturated heterocycles. The Morgan fingerprint density at radius 2 is 2.14 bits per heavy atom. The molecule has 1 aromatic rings. The molecular formula is C18H30N4. The number of guanidine groups is 1. The third kappa shape index (κ3) is 5.00. The van der Waals surface area contributed by atoms with E-state index in [4.69, 9.17) is 0 Å². The highest BCUT2D eigenvalue weighted by Gasteiger charge is 2.37. The molecule has 0 atom stereocenters. The molecule has 1 aliphatic carbocycles. The number of pyridine rings is 1. The molecule has 1 heterocycles.